The molecule has 27 heavy (non-hydrogen) atoms. The first-order chi connectivity index (χ1) is 12.8. The molecule has 0 radical (unpaired) electrons. The lowest BCUT2D eigenvalue weighted by Gasteiger charge is -2.58. The minimum atomic E-state index is -0.112. The normalized spacial score (nSPS) is 47.7. The predicted molar refractivity (Wildman–Crippen MR) is 110 cm³/mol. The molecule has 1 N–H and O–H groups in total. The second kappa shape index (κ2) is 6.87. The van der Waals surface area contributed by atoms with Crippen molar-refractivity contribution in [1.82, 2.24) is 0 Å². The Hall–Kier alpha value is -0.890. The van der Waals surface area contributed by atoms with E-state index in [1.807, 2.05) is 0 Å². The van der Waals surface area contributed by atoms with Crippen LogP contribution in [0.4, 0.5) is 0 Å². The second-order valence-electron chi connectivity index (χ2n) is 10.7. The van der Waals surface area contributed by atoms with Gasteiger partial charge in [0.25, 0.3) is 0 Å². The maximum absolute atomic E-state index is 11.4. The maximum Gasteiger partial charge on any atom is 0.152 e. The van der Waals surface area contributed by atoms with Gasteiger partial charge in [-0.1, -0.05) is 38.5 Å². The van der Waals surface area contributed by atoms with Crippen molar-refractivity contribution >= 4 is 5.78 Å². The Morgan fingerprint density at radius 3 is 2.70 bits per heavy atom. The lowest BCUT2D eigenvalue weighted by molar-refractivity contribution is -0.112. The van der Waals surface area contributed by atoms with Crippen molar-refractivity contribution < 1.29 is 9.90 Å². The fourth-order valence-corrected chi connectivity index (χ4v) is 7.97. The standard InChI is InChI=1S/C25H38O2/c1-16(5-6-17(2)26)21-9-10-22-20-8-7-18-15-19(27)11-13-24(18,3)23(20)12-14-25(21,22)4/h5-7,16,19-23,27H,8-15H2,1-4H3/b6-5+/t16?,19-,20?,21?,22?,23?,24-,25+/m0/s1. The van der Waals surface area contributed by atoms with Crippen molar-refractivity contribution in [1.29, 1.82) is 0 Å². The zero-order valence-corrected chi connectivity index (χ0v) is 17.7. The summed E-state index contributed by atoms with van der Waals surface area (Å²) in [6, 6.07) is 0. The summed E-state index contributed by atoms with van der Waals surface area (Å²) >= 11 is 0. The molecule has 4 aliphatic carbocycles. The number of carbonyl (C=O) groups is 1. The number of carbonyl (C=O) groups excluding carboxylic acids is 1. The van der Waals surface area contributed by atoms with Gasteiger partial charge in [0.2, 0.25) is 0 Å². The van der Waals surface area contributed by atoms with Crippen molar-refractivity contribution in [3.63, 3.8) is 0 Å². The van der Waals surface area contributed by atoms with E-state index in [4.69, 9.17) is 0 Å². The number of allylic oxidation sites excluding steroid dienone is 3. The van der Waals surface area contributed by atoms with Crippen LogP contribution in [0.5, 0.6) is 0 Å². The molecule has 4 aliphatic rings. The van der Waals surface area contributed by atoms with Crippen LogP contribution < -0.4 is 0 Å². The number of aliphatic hydroxyl groups is 1. The molecule has 0 aromatic rings. The van der Waals surface area contributed by atoms with Gasteiger partial charge in [0.1, 0.15) is 0 Å². The van der Waals surface area contributed by atoms with Crippen molar-refractivity contribution in [3.8, 4) is 0 Å². The average molecular weight is 371 g/mol. The summed E-state index contributed by atoms with van der Waals surface area (Å²) in [6.07, 6.45) is 16.1. The van der Waals surface area contributed by atoms with Crippen LogP contribution in [0.3, 0.4) is 0 Å². The van der Waals surface area contributed by atoms with Gasteiger partial charge in [0, 0.05) is 0 Å². The van der Waals surface area contributed by atoms with E-state index < -0.39 is 0 Å². The third-order valence-corrected chi connectivity index (χ3v) is 9.42. The van der Waals surface area contributed by atoms with E-state index in [2.05, 4.69) is 32.9 Å². The zero-order chi connectivity index (χ0) is 19.4. The first kappa shape index (κ1) is 19.4. The molecule has 0 saturated heterocycles. The van der Waals surface area contributed by atoms with E-state index >= 15 is 0 Å². The lowest BCUT2D eigenvalue weighted by Crippen LogP contribution is -2.50. The summed E-state index contributed by atoms with van der Waals surface area (Å²) in [5.74, 6) is 3.84. The molecule has 4 rings (SSSR count). The Bertz CT molecular complexity index is 661. The van der Waals surface area contributed by atoms with Gasteiger partial charge < -0.3 is 5.11 Å². The summed E-state index contributed by atoms with van der Waals surface area (Å²) in [6.45, 7) is 9.05. The van der Waals surface area contributed by atoms with Gasteiger partial charge in [0.15, 0.2) is 5.78 Å². The highest BCUT2D eigenvalue weighted by Crippen LogP contribution is 2.67. The Labute approximate surface area is 165 Å². The molecule has 2 heteroatoms. The molecule has 0 amide bonds. The predicted octanol–water partition coefficient (Wildman–Crippen LogP) is 5.71. The van der Waals surface area contributed by atoms with Crippen LogP contribution in [0.15, 0.2) is 23.8 Å². The fourth-order valence-electron chi connectivity index (χ4n) is 7.97. The lowest BCUT2D eigenvalue weighted by atomic mass is 9.47. The summed E-state index contributed by atoms with van der Waals surface area (Å²) in [5, 5.41) is 10.2. The highest BCUT2D eigenvalue weighted by atomic mass is 16.3. The van der Waals surface area contributed by atoms with Gasteiger partial charge in [0.05, 0.1) is 6.10 Å². The second-order valence-corrected chi connectivity index (χ2v) is 10.7. The largest absolute Gasteiger partial charge is 0.393 e. The van der Waals surface area contributed by atoms with Crippen LogP contribution in [0, 0.1) is 40.4 Å². The Balaban J connectivity index is 1.58. The number of fused-ring (bicyclic) bond motifs is 5. The van der Waals surface area contributed by atoms with Crippen molar-refractivity contribution in [2.24, 2.45) is 40.4 Å². The van der Waals surface area contributed by atoms with E-state index in [0.29, 0.717) is 22.7 Å². The fraction of sp³-hybridized carbons (Fsp3) is 0.800. The van der Waals surface area contributed by atoms with E-state index in [1.54, 1.807) is 18.6 Å². The van der Waals surface area contributed by atoms with Crippen LogP contribution in [0.25, 0.3) is 0 Å². The summed E-state index contributed by atoms with van der Waals surface area (Å²) in [7, 11) is 0. The molecule has 0 aromatic carbocycles. The highest BCUT2D eigenvalue weighted by Gasteiger charge is 2.58. The third-order valence-electron chi connectivity index (χ3n) is 9.42. The molecular weight excluding hydrogens is 332 g/mol. The molecule has 3 saturated carbocycles. The van der Waals surface area contributed by atoms with E-state index in [-0.39, 0.29) is 11.9 Å². The van der Waals surface area contributed by atoms with Crippen LogP contribution in [0.1, 0.15) is 79.1 Å². The van der Waals surface area contributed by atoms with Gasteiger partial charge in [-0.15, -0.1) is 0 Å². The molecule has 0 aliphatic heterocycles. The Morgan fingerprint density at radius 1 is 1.19 bits per heavy atom. The van der Waals surface area contributed by atoms with E-state index in [1.165, 1.54) is 38.5 Å². The van der Waals surface area contributed by atoms with Gasteiger partial charge in [-0.25, -0.2) is 0 Å². The van der Waals surface area contributed by atoms with Crippen LogP contribution in [-0.4, -0.2) is 17.0 Å². The Morgan fingerprint density at radius 2 is 1.96 bits per heavy atom. The monoisotopic (exact) mass is 370 g/mol. The quantitative estimate of drug-likeness (QED) is 0.510. The SMILES string of the molecule is CC(=O)/C=C/C(C)C1CCC2C3CC=C4C[C@@H](O)CC[C@]4(C)C3CC[C@]12C. The molecule has 0 heterocycles. The smallest absolute Gasteiger partial charge is 0.152 e. The van der Waals surface area contributed by atoms with Crippen LogP contribution in [0.2, 0.25) is 0 Å². The van der Waals surface area contributed by atoms with Gasteiger partial charge in [-0.3, -0.25) is 4.79 Å². The van der Waals surface area contributed by atoms with Crippen molar-refractivity contribution in [2.75, 3.05) is 0 Å². The summed E-state index contributed by atoms with van der Waals surface area (Å²) in [5.41, 5.74) is 2.33. The highest BCUT2D eigenvalue weighted by molar-refractivity contribution is 5.87. The average Bonchev–Trinajstić information content (AvgIpc) is 2.97. The van der Waals surface area contributed by atoms with Crippen LogP contribution in [-0.2, 0) is 4.79 Å². The van der Waals surface area contributed by atoms with Gasteiger partial charge in [-0.05, 0) is 105 Å². The minimum absolute atomic E-state index is 0.112. The number of hydrogen-bond acceptors (Lipinski definition) is 2. The minimum Gasteiger partial charge on any atom is -0.393 e. The van der Waals surface area contributed by atoms with Crippen molar-refractivity contribution in [2.45, 2.75) is 85.2 Å². The molecular formula is C25H38O2. The molecule has 0 spiro atoms. The first-order valence-corrected chi connectivity index (χ1v) is 11.3. The maximum atomic E-state index is 11.4. The van der Waals surface area contributed by atoms with E-state index in [0.717, 1.165) is 30.6 Å². The molecule has 8 atom stereocenters. The number of ketones is 1. The third kappa shape index (κ3) is 3.07. The molecule has 0 bridgehead atoms. The van der Waals surface area contributed by atoms with E-state index in [9.17, 15) is 9.90 Å². The first-order valence-electron chi connectivity index (χ1n) is 11.3. The molecule has 0 aromatic heterocycles. The number of aliphatic hydroxyl groups excluding tert-OH is 1. The Kier molecular flexibility index (Phi) is 4.94. The topological polar surface area (TPSA) is 37.3 Å². The van der Waals surface area contributed by atoms with Crippen molar-refractivity contribution in [3.05, 3.63) is 23.8 Å². The number of rotatable bonds is 3. The molecule has 3 fully saturated rings. The molecule has 5 unspecified atom stereocenters. The molecule has 150 valence electrons. The zero-order valence-electron chi connectivity index (χ0n) is 17.7. The summed E-state index contributed by atoms with van der Waals surface area (Å²) in [4.78, 5) is 11.4. The molecule has 2 nitrogen and oxygen atoms in total. The van der Waals surface area contributed by atoms with Gasteiger partial charge in [-0.2, -0.15) is 0 Å². The summed E-state index contributed by atoms with van der Waals surface area (Å²) < 4.78 is 0. The van der Waals surface area contributed by atoms with Gasteiger partial charge >= 0.3 is 0 Å². The number of hydrogen-bond donors (Lipinski definition) is 1. The van der Waals surface area contributed by atoms with Crippen LogP contribution >= 0.6 is 0 Å².